The molecule has 2 N–H and O–H groups in total. The van der Waals surface area contributed by atoms with Crippen LogP contribution in [0, 0.1) is 0 Å². The minimum atomic E-state index is -0.997. The maximum atomic E-state index is 10.5. The molecule has 1 aromatic heterocycles. The maximum absolute atomic E-state index is 10.5. The topological polar surface area (TPSA) is 62.2 Å². The number of pyridine rings is 1. The molecule has 0 radical (unpaired) electrons. The SMILES string of the molecule is CN[C@@H](C)c1ccc(C(=O)O)nc1. The third-order valence-electron chi connectivity index (χ3n) is 1.94. The third kappa shape index (κ3) is 2.26. The van der Waals surface area contributed by atoms with Crippen LogP contribution in [-0.4, -0.2) is 23.1 Å². The highest BCUT2D eigenvalue weighted by atomic mass is 16.4. The quantitative estimate of drug-likeness (QED) is 0.730. The van der Waals surface area contributed by atoms with E-state index in [2.05, 4.69) is 10.3 Å². The smallest absolute Gasteiger partial charge is 0.354 e. The molecule has 13 heavy (non-hydrogen) atoms. The van der Waals surface area contributed by atoms with Gasteiger partial charge >= 0.3 is 5.97 Å². The van der Waals surface area contributed by atoms with Crippen LogP contribution in [-0.2, 0) is 0 Å². The van der Waals surface area contributed by atoms with Gasteiger partial charge in [0.2, 0.25) is 0 Å². The highest BCUT2D eigenvalue weighted by Gasteiger charge is 2.06. The Morgan fingerprint density at radius 3 is 2.69 bits per heavy atom. The summed E-state index contributed by atoms with van der Waals surface area (Å²) in [7, 11) is 1.84. The van der Waals surface area contributed by atoms with Crippen LogP contribution in [0.3, 0.4) is 0 Å². The van der Waals surface area contributed by atoms with Crippen molar-refractivity contribution in [1.29, 1.82) is 0 Å². The Hall–Kier alpha value is -1.42. The van der Waals surface area contributed by atoms with Gasteiger partial charge in [-0.15, -0.1) is 0 Å². The normalized spacial score (nSPS) is 12.5. The molecular formula is C9H12N2O2. The highest BCUT2D eigenvalue weighted by molar-refractivity contribution is 5.85. The summed E-state index contributed by atoms with van der Waals surface area (Å²) in [5, 5.41) is 11.6. The predicted octanol–water partition coefficient (Wildman–Crippen LogP) is 1.06. The first-order valence-corrected chi connectivity index (χ1v) is 4.01. The molecule has 0 saturated carbocycles. The van der Waals surface area contributed by atoms with Gasteiger partial charge in [0.25, 0.3) is 0 Å². The van der Waals surface area contributed by atoms with Gasteiger partial charge < -0.3 is 10.4 Å². The van der Waals surface area contributed by atoms with Gasteiger partial charge in [-0.3, -0.25) is 0 Å². The van der Waals surface area contributed by atoms with Gasteiger partial charge in [-0.1, -0.05) is 6.07 Å². The molecule has 0 unspecified atom stereocenters. The Morgan fingerprint density at radius 1 is 1.62 bits per heavy atom. The van der Waals surface area contributed by atoms with Crippen LogP contribution >= 0.6 is 0 Å². The number of hydrogen-bond donors (Lipinski definition) is 2. The first kappa shape index (κ1) is 9.67. The maximum Gasteiger partial charge on any atom is 0.354 e. The van der Waals surface area contributed by atoms with E-state index in [9.17, 15) is 4.79 Å². The molecule has 1 rings (SSSR count). The summed E-state index contributed by atoms with van der Waals surface area (Å²) in [6, 6.07) is 3.46. The van der Waals surface area contributed by atoms with Crippen LogP contribution in [0.15, 0.2) is 18.3 Å². The molecule has 0 fully saturated rings. The Balaban J connectivity index is 2.87. The fourth-order valence-electron chi connectivity index (χ4n) is 0.955. The van der Waals surface area contributed by atoms with Crippen molar-refractivity contribution in [1.82, 2.24) is 10.3 Å². The van der Waals surface area contributed by atoms with Gasteiger partial charge in [-0.2, -0.15) is 0 Å². The van der Waals surface area contributed by atoms with E-state index in [0.717, 1.165) is 5.56 Å². The lowest BCUT2D eigenvalue weighted by atomic mass is 10.1. The number of carbonyl (C=O) groups is 1. The van der Waals surface area contributed by atoms with E-state index in [1.54, 1.807) is 12.3 Å². The zero-order chi connectivity index (χ0) is 9.84. The van der Waals surface area contributed by atoms with E-state index in [4.69, 9.17) is 5.11 Å². The molecule has 0 spiro atoms. The van der Waals surface area contributed by atoms with Gasteiger partial charge in [-0.05, 0) is 25.6 Å². The molecule has 0 aromatic carbocycles. The van der Waals surface area contributed by atoms with Gasteiger partial charge in [0, 0.05) is 12.2 Å². The summed E-state index contributed by atoms with van der Waals surface area (Å²) in [4.78, 5) is 14.3. The molecule has 0 bridgehead atoms. The molecule has 1 atom stereocenters. The van der Waals surface area contributed by atoms with Crippen LogP contribution in [0.1, 0.15) is 29.0 Å². The van der Waals surface area contributed by atoms with Crippen LogP contribution in [0.4, 0.5) is 0 Å². The van der Waals surface area contributed by atoms with Crippen molar-refractivity contribution in [3.8, 4) is 0 Å². The largest absolute Gasteiger partial charge is 0.477 e. The van der Waals surface area contributed by atoms with Gasteiger partial charge in [-0.25, -0.2) is 9.78 Å². The second kappa shape index (κ2) is 4.00. The molecule has 0 amide bonds. The molecule has 4 nitrogen and oxygen atoms in total. The molecular weight excluding hydrogens is 168 g/mol. The summed E-state index contributed by atoms with van der Waals surface area (Å²) in [5.41, 5.74) is 1.06. The van der Waals surface area contributed by atoms with Gasteiger partial charge in [0.05, 0.1) is 0 Å². The zero-order valence-corrected chi connectivity index (χ0v) is 7.61. The van der Waals surface area contributed by atoms with Crippen molar-refractivity contribution in [3.05, 3.63) is 29.6 Å². The van der Waals surface area contributed by atoms with Crippen molar-refractivity contribution in [3.63, 3.8) is 0 Å². The molecule has 70 valence electrons. The zero-order valence-electron chi connectivity index (χ0n) is 7.61. The number of nitrogens with zero attached hydrogens (tertiary/aromatic N) is 1. The van der Waals surface area contributed by atoms with E-state index < -0.39 is 5.97 Å². The molecule has 0 aliphatic rings. The number of aromatic nitrogens is 1. The summed E-state index contributed by atoms with van der Waals surface area (Å²) in [6.07, 6.45) is 1.57. The van der Waals surface area contributed by atoms with Crippen molar-refractivity contribution in [2.24, 2.45) is 0 Å². The van der Waals surface area contributed by atoms with Crippen molar-refractivity contribution < 1.29 is 9.90 Å². The summed E-state index contributed by atoms with van der Waals surface area (Å²) < 4.78 is 0. The summed E-state index contributed by atoms with van der Waals surface area (Å²) in [5.74, 6) is -0.997. The second-order valence-corrected chi connectivity index (χ2v) is 2.79. The summed E-state index contributed by atoms with van der Waals surface area (Å²) >= 11 is 0. The van der Waals surface area contributed by atoms with Gasteiger partial charge in [0.1, 0.15) is 5.69 Å². The number of carboxylic acid groups (broad SMARTS) is 1. The monoisotopic (exact) mass is 180 g/mol. The molecule has 0 saturated heterocycles. The van der Waals surface area contributed by atoms with Crippen LogP contribution in [0.5, 0.6) is 0 Å². The third-order valence-corrected chi connectivity index (χ3v) is 1.94. The van der Waals surface area contributed by atoms with Gasteiger partial charge in [0.15, 0.2) is 0 Å². The van der Waals surface area contributed by atoms with E-state index in [-0.39, 0.29) is 11.7 Å². The molecule has 0 aliphatic carbocycles. The molecule has 4 heteroatoms. The predicted molar refractivity (Wildman–Crippen MR) is 48.7 cm³/mol. The van der Waals surface area contributed by atoms with Crippen molar-refractivity contribution >= 4 is 5.97 Å². The number of hydrogen-bond acceptors (Lipinski definition) is 3. The second-order valence-electron chi connectivity index (χ2n) is 2.79. The number of rotatable bonds is 3. The first-order valence-electron chi connectivity index (χ1n) is 4.01. The Morgan fingerprint density at radius 2 is 2.31 bits per heavy atom. The Kier molecular flexibility index (Phi) is 2.97. The molecule has 0 aliphatic heterocycles. The fourth-order valence-corrected chi connectivity index (χ4v) is 0.955. The molecule has 1 heterocycles. The average Bonchev–Trinajstić information content (AvgIpc) is 2.17. The van der Waals surface area contributed by atoms with Crippen LogP contribution in [0.2, 0.25) is 0 Å². The highest BCUT2D eigenvalue weighted by Crippen LogP contribution is 2.10. The lowest BCUT2D eigenvalue weighted by molar-refractivity contribution is 0.0690. The van der Waals surface area contributed by atoms with E-state index in [1.165, 1.54) is 6.07 Å². The lowest BCUT2D eigenvalue weighted by Gasteiger charge is -2.09. The Labute approximate surface area is 76.6 Å². The van der Waals surface area contributed by atoms with Crippen LogP contribution in [0.25, 0.3) is 0 Å². The number of nitrogens with one attached hydrogen (secondary N) is 1. The first-order chi connectivity index (χ1) is 6.15. The number of carboxylic acids is 1. The van der Waals surface area contributed by atoms with Crippen molar-refractivity contribution in [2.75, 3.05) is 7.05 Å². The minimum absolute atomic E-state index is 0.0760. The van der Waals surface area contributed by atoms with E-state index >= 15 is 0 Å². The van der Waals surface area contributed by atoms with Crippen molar-refractivity contribution in [2.45, 2.75) is 13.0 Å². The Bertz CT molecular complexity index is 295. The van der Waals surface area contributed by atoms with Crippen LogP contribution < -0.4 is 5.32 Å². The van der Waals surface area contributed by atoms with E-state index in [1.807, 2.05) is 14.0 Å². The fraction of sp³-hybridized carbons (Fsp3) is 0.333. The van der Waals surface area contributed by atoms with E-state index in [0.29, 0.717) is 0 Å². The lowest BCUT2D eigenvalue weighted by Crippen LogP contribution is -2.13. The molecule has 1 aromatic rings. The minimum Gasteiger partial charge on any atom is -0.477 e. The number of aromatic carboxylic acids is 1. The summed E-state index contributed by atoms with van der Waals surface area (Å²) in [6.45, 7) is 1.98. The standard InChI is InChI=1S/C9H12N2O2/c1-6(10-2)7-3-4-8(9(12)13)11-5-7/h3-6,10H,1-2H3,(H,12,13)/t6-/m0/s1. The average molecular weight is 180 g/mol.